The monoisotopic (exact) mass is 406 g/mol. The molecule has 6 nitrogen and oxygen atoms in total. The van der Waals surface area contributed by atoms with Gasteiger partial charge in [-0.25, -0.2) is 4.79 Å². The molecule has 1 aliphatic heterocycles. The van der Waals surface area contributed by atoms with Crippen LogP contribution in [0.4, 0.5) is 5.69 Å². The van der Waals surface area contributed by atoms with Crippen molar-refractivity contribution >= 4 is 40.3 Å². The van der Waals surface area contributed by atoms with Crippen molar-refractivity contribution in [3.63, 3.8) is 0 Å². The van der Waals surface area contributed by atoms with Crippen molar-refractivity contribution < 1.29 is 19.4 Å². The lowest BCUT2D eigenvalue weighted by molar-refractivity contribution is -0.110. The van der Waals surface area contributed by atoms with E-state index in [0.29, 0.717) is 22.1 Å². The third-order valence-electron chi connectivity index (χ3n) is 4.95. The number of benzene rings is 1. The second-order valence-corrected chi connectivity index (χ2v) is 7.13. The molecule has 0 radical (unpaired) electrons. The molecule has 29 heavy (non-hydrogen) atoms. The Kier molecular flexibility index (Phi) is 4.90. The Morgan fingerprint density at radius 1 is 1.21 bits per heavy atom. The van der Waals surface area contributed by atoms with Gasteiger partial charge in [-0.2, -0.15) is 0 Å². The van der Waals surface area contributed by atoms with E-state index in [1.165, 1.54) is 12.2 Å². The zero-order valence-corrected chi connectivity index (χ0v) is 16.3. The summed E-state index contributed by atoms with van der Waals surface area (Å²) < 4.78 is 6.02. The third kappa shape index (κ3) is 3.52. The highest BCUT2D eigenvalue weighted by atomic mass is 32.1. The molecular weight excluding hydrogens is 388 g/mol. The van der Waals surface area contributed by atoms with E-state index < -0.39 is 5.97 Å². The largest absolute Gasteiger partial charge is 0.485 e. The summed E-state index contributed by atoms with van der Waals surface area (Å²) in [7, 11) is 1.68. The first-order valence-corrected chi connectivity index (χ1v) is 9.45. The van der Waals surface area contributed by atoms with Gasteiger partial charge in [-0.15, -0.1) is 0 Å². The highest BCUT2D eigenvalue weighted by molar-refractivity contribution is 7.80. The number of nitrogens with one attached hydrogen (secondary N) is 2. The number of carboxylic acid groups (broad SMARTS) is 1. The zero-order valence-electron chi connectivity index (χ0n) is 15.5. The Morgan fingerprint density at radius 3 is 2.76 bits per heavy atom. The van der Waals surface area contributed by atoms with E-state index in [9.17, 15) is 14.7 Å². The van der Waals surface area contributed by atoms with E-state index in [0.717, 1.165) is 11.1 Å². The molecule has 146 valence electrons. The lowest BCUT2D eigenvalue weighted by atomic mass is 9.78. The minimum atomic E-state index is -1.05. The van der Waals surface area contributed by atoms with Crippen LogP contribution in [0.25, 0.3) is 5.57 Å². The summed E-state index contributed by atoms with van der Waals surface area (Å²) in [4.78, 5) is 23.9. The number of hydrogen-bond acceptors (Lipinski definition) is 4. The topological polar surface area (TPSA) is 87.7 Å². The van der Waals surface area contributed by atoms with Crippen LogP contribution in [-0.4, -0.2) is 35.1 Å². The molecule has 2 unspecified atom stereocenters. The predicted octanol–water partition coefficient (Wildman–Crippen LogP) is 3.22. The van der Waals surface area contributed by atoms with Gasteiger partial charge in [0.15, 0.2) is 10.9 Å². The number of anilines is 1. The van der Waals surface area contributed by atoms with Crippen molar-refractivity contribution in [2.24, 2.45) is 5.92 Å². The zero-order chi connectivity index (χ0) is 20.5. The van der Waals surface area contributed by atoms with Crippen molar-refractivity contribution in [1.29, 1.82) is 0 Å². The quantitative estimate of drug-likeness (QED) is 0.665. The van der Waals surface area contributed by atoms with Crippen LogP contribution in [0.2, 0.25) is 0 Å². The Morgan fingerprint density at radius 2 is 2.00 bits per heavy atom. The second-order valence-electron chi connectivity index (χ2n) is 6.72. The van der Waals surface area contributed by atoms with E-state index in [-0.39, 0.29) is 23.4 Å². The Balaban J connectivity index is 1.90. The highest BCUT2D eigenvalue weighted by Crippen LogP contribution is 2.44. The Bertz CT molecular complexity index is 1080. The molecule has 1 aromatic carbocycles. The fourth-order valence-electron chi connectivity index (χ4n) is 3.66. The van der Waals surface area contributed by atoms with Gasteiger partial charge in [-0.1, -0.05) is 24.3 Å². The van der Waals surface area contributed by atoms with Crippen LogP contribution in [0.5, 0.6) is 0 Å². The van der Waals surface area contributed by atoms with Gasteiger partial charge in [0.1, 0.15) is 11.9 Å². The van der Waals surface area contributed by atoms with Gasteiger partial charge in [0, 0.05) is 30.3 Å². The number of fused-ring (bicyclic) bond motifs is 2. The first kappa shape index (κ1) is 18.9. The van der Waals surface area contributed by atoms with Gasteiger partial charge < -0.3 is 20.5 Å². The molecule has 0 amide bonds. The molecule has 7 heteroatoms. The van der Waals surface area contributed by atoms with Gasteiger partial charge in [-0.05, 0) is 53.7 Å². The summed E-state index contributed by atoms with van der Waals surface area (Å²) >= 11 is 5.11. The summed E-state index contributed by atoms with van der Waals surface area (Å²) in [6.45, 7) is 0. The summed E-state index contributed by atoms with van der Waals surface area (Å²) in [6, 6.07) is 5.11. The molecule has 3 aliphatic rings. The molecule has 1 heterocycles. The van der Waals surface area contributed by atoms with Crippen molar-refractivity contribution in [1.82, 2.24) is 5.32 Å². The number of aromatic carboxylic acids is 1. The van der Waals surface area contributed by atoms with Crippen molar-refractivity contribution in [3.8, 4) is 0 Å². The van der Waals surface area contributed by atoms with Crippen LogP contribution in [0.15, 0.2) is 72.1 Å². The molecule has 0 aromatic heterocycles. The second kappa shape index (κ2) is 7.52. The highest BCUT2D eigenvalue weighted by Gasteiger charge is 2.36. The number of carbonyl (C=O) groups is 2. The van der Waals surface area contributed by atoms with Gasteiger partial charge >= 0.3 is 5.97 Å². The minimum absolute atomic E-state index is 0.143. The van der Waals surface area contributed by atoms with E-state index in [1.54, 1.807) is 31.3 Å². The summed E-state index contributed by atoms with van der Waals surface area (Å²) in [5.41, 5.74) is 2.84. The number of thiocarbonyl (C=S) groups is 1. The molecule has 0 spiro atoms. The predicted molar refractivity (Wildman–Crippen MR) is 114 cm³/mol. The summed E-state index contributed by atoms with van der Waals surface area (Å²) in [6.07, 6.45) is 12.0. The third-order valence-corrected chi connectivity index (χ3v) is 5.26. The van der Waals surface area contributed by atoms with Crippen LogP contribution < -0.4 is 10.6 Å². The van der Waals surface area contributed by atoms with Crippen molar-refractivity contribution in [2.45, 2.75) is 6.10 Å². The van der Waals surface area contributed by atoms with E-state index in [1.807, 2.05) is 24.3 Å². The smallest absolute Gasteiger partial charge is 0.336 e. The summed E-state index contributed by atoms with van der Waals surface area (Å²) in [5, 5.41) is 16.0. The number of ether oxygens (including phenoxy) is 1. The molecular formula is C22H18N2O4S. The van der Waals surface area contributed by atoms with Gasteiger partial charge in [0.25, 0.3) is 0 Å². The number of hydrogen-bond donors (Lipinski definition) is 3. The van der Waals surface area contributed by atoms with Gasteiger partial charge in [0.2, 0.25) is 0 Å². The van der Waals surface area contributed by atoms with Gasteiger partial charge in [-0.3, -0.25) is 4.79 Å². The molecule has 0 bridgehead atoms. The number of rotatable bonds is 3. The first-order valence-electron chi connectivity index (χ1n) is 9.04. The molecule has 0 saturated heterocycles. The first-order chi connectivity index (χ1) is 14.0. The Hall–Kier alpha value is -3.45. The molecule has 2 atom stereocenters. The lowest BCUT2D eigenvalue weighted by Gasteiger charge is -2.36. The van der Waals surface area contributed by atoms with Crippen LogP contribution in [-0.2, 0) is 9.53 Å². The number of allylic oxidation sites excluding steroid dienone is 5. The SMILES string of the molecule is CNC(=S)Nc1ccc(C2=C3C=CC(=O)C=C3OC3C=CC=CC23)c(C(=O)O)c1. The maximum absolute atomic E-state index is 12.1. The van der Waals surface area contributed by atoms with Crippen LogP contribution in [0.3, 0.4) is 0 Å². The molecule has 2 aliphatic carbocycles. The maximum atomic E-state index is 12.1. The summed E-state index contributed by atoms with van der Waals surface area (Å²) in [5.74, 6) is -0.911. The molecule has 3 N–H and O–H groups in total. The van der Waals surface area contributed by atoms with Crippen LogP contribution in [0, 0.1) is 5.92 Å². The van der Waals surface area contributed by atoms with Gasteiger partial charge in [0.05, 0.1) is 5.56 Å². The molecule has 1 aromatic rings. The van der Waals surface area contributed by atoms with E-state index in [4.69, 9.17) is 17.0 Å². The number of ketones is 1. The lowest BCUT2D eigenvalue weighted by Crippen LogP contribution is -2.30. The van der Waals surface area contributed by atoms with Crippen LogP contribution in [0.1, 0.15) is 15.9 Å². The molecule has 4 rings (SSSR count). The van der Waals surface area contributed by atoms with Crippen molar-refractivity contribution in [2.75, 3.05) is 12.4 Å². The van der Waals surface area contributed by atoms with Crippen LogP contribution >= 0.6 is 12.2 Å². The number of carboxylic acids is 1. The molecule has 0 saturated carbocycles. The number of carbonyl (C=O) groups excluding carboxylic acids is 1. The van der Waals surface area contributed by atoms with Crippen molar-refractivity contribution in [3.05, 3.63) is 83.2 Å². The fraction of sp³-hybridized carbons (Fsp3) is 0.136. The Labute approximate surface area is 172 Å². The molecule has 0 fully saturated rings. The average Bonchev–Trinajstić information content (AvgIpc) is 2.71. The minimum Gasteiger partial charge on any atom is -0.485 e. The maximum Gasteiger partial charge on any atom is 0.336 e. The van der Waals surface area contributed by atoms with E-state index in [2.05, 4.69) is 10.6 Å². The standard InChI is InChI=1S/C22H18N2O4S/c1-23-22(29)24-12-6-8-14(17(10-12)21(26)27)20-15-4-2-3-5-18(15)28-19-11-13(25)7-9-16(19)20/h2-11,15,18H,1H3,(H,26,27)(H2,23,24,29). The fourth-order valence-corrected chi connectivity index (χ4v) is 3.78. The normalized spacial score (nSPS) is 21.7. The average molecular weight is 406 g/mol. The van der Waals surface area contributed by atoms with E-state index >= 15 is 0 Å².